The fraction of sp³-hybridized carbons (Fsp3) is 0.727. The lowest BCUT2D eigenvalue weighted by molar-refractivity contribution is 0.175. The van der Waals surface area contributed by atoms with E-state index in [1.54, 1.807) is 0 Å². The van der Waals surface area contributed by atoms with Crippen molar-refractivity contribution >= 4 is 15.9 Å². The smallest absolute Gasteiger partial charge is 0.0712 e. The normalized spacial score (nSPS) is 21.9. The quantitative estimate of drug-likeness (QED) is 0.640. The van der Waals surface area contributed by atoms with E-state index in [9.17, 15) is 0 Å². The molecule has 2 rings (SSSR count). The van der Waals surface area contributed by atoms with E-state index in [1.165, 1.54) is 0 Å². The van der Waals surface area contributed by atoms with Crippen LogP contribution in [0.3, 0.4) is 0 Å². The molecule has 1 aliphatic rings. The van der Waals surface area contributed by atoms with E-state index in [-0.39, 0.29) is 6.04 Å². The molecule has 96 valence electrons. The monoisotopic (exact) mass is 302 g/mol. The zero-order chi connectivity index (χ0) is 12.3. The van der Waals surface area contributed by atoms with Crippen LogP contribution in [0.4, 0.5) is 0 Å². The standard InChI is InChI=1S/C11H19BrN4O/c1-2-4-16-11(9(12)6-14-16)10(15-13)8-3-5-17-7-8/h6,8,10,15H,2-5,7,13H2,1H3. The Morgan fingerprint density at radius 2 is 2.59 bits per heavy atom. The Morgan fingerprint density at radius 1 is 1.76 bits per heavy atom. The third-order valence-corrected chi connectivity index (χ3v) is 3.79. The number of nitrogens with two attached hydrogens (primary N) is 1. The lowest BCUT2D eigenvalue weighted by atomic mass is 9.96. The van der Waals surface area contributed by atoms with E-state index in [0.717, 1.165) is 42.8 Å². The minimum absolute atomic E-state index is 0.0981. The number of nitrogens with zero attached hydrogens (tertiary/aromatic N) is 2. The molecule has 6 heteroatoms. The largest absolute Gasteiger partial charge is 0.381 e. The van der Waals surface area contributed by atoms with Gasteiger partial charge in [-0.2, -0.15) is 5.10 Å². The Balaban J connectivity index is 2.25. The van der Waals surface area contributed by atoms with E-state index in [0.29, 0.717) is 5.92 Å². The zero-order valence-electron chi connectivity index (χ0n) is 10.0. The summed E-state index contributed by atoms with van der Waals surface area (Å²) in [4.78, 5) is 0. The van der Waals surface area contributed by atoms with Crippen molar-refractivity contribution in [3.63, 3.8) is 0 Å². The van der Waals surface area contributed by atoms with Crippen LogP contribution in [0.5, 0.6) is 0 Å². The molecule has 1 aromatic rings. The highest BCUT2D eigenvalue weighted by molar-refractivity contribution is 9.10. The average molecular weight is 303 g/mol. The second kappa shape index (κ2) is 5.95. The summed E-state index contributed by atoms with van der Waals surface area (Å²) in [5, 5.41) is 4.38. The topological polar surface area (TPSA) is 65.1 Å². The van der Waals surface area contributed by atoms with Gasteiger partial charge in [-0.15, -0.1) is 0 Å². The zero-order valence-corrected chi connectivity index (χ0v) is 11.6. The van der Waals surface area contributed by atoms with Crippen molar-refractivity contribution in [3.8, 4) is 0 Å². The molecule has 17 heavy (non-hydrogen) atoms. The average Bonchev–Trinajstić information content (AvgIpc) is 2.94. The third-order valence-electron chi connectivity index (χ3n) is 3.18. The first-order valence-electron chi connectivity index (χ1n) is 6.03. The molecule has 2 atom stereocenters. The number of rotatable bonds is 5. The number of hydrogen-bond acceptors (Lipinski definition) is 4. The van der Waals surface area contributed by atoms with Crippen molar-refractivity contribution in [2.24, 2.45) is 11.8 Å². The minimum Gasteiger partial charge on any atom is -0.381 e. The minimum atomic E-state index is 0.0981. The summed E-state index contributed by atoms with van der Waals surface area (Å²) in [7, 11) is 0. The van der Waals surface area contributed by atoms with Crippen LogP contribution in [-0.4, -0.2) is 23.0 Å². The Labute approximate surface area is 110 Å². The molecular weight excluding hydrogens is 284 g/mol. The van der Waals surface area contributed by atoms with Crippen LogP contribution in [0.25, 0.3) is 0 Å². The highest BCUT2D eigenvalue weighted by atomic mass is 79.9. The molecule has 5 nitrogen and oxygen atoms in total. The van der Waals surface area contributed by atoms with Gasteiger partial charge in [-0.1, -0.05) is 6.92 Å². The Hall–Kier alpha value is -0.430. The second-order valence-electron chi connectivity index (χ2n) is 4.37. The third kappa shape index (κ3) is 2.70. The van der Waals surface area contributed by atoms with Gasteiger partial charge in [0, 0.05) is 19.1 Å². The van der Waals surface area contributed by atoms with Crippen molar-refractivity contribution in [2.45, 2.75) is 32.4 Å². The van der Waals surface area contributed by atoms with Crippen molar-refractivity contribution in [1.29, 1.82) is 0 Å². The molecule has 2 unspecified atom stereocenters. The predicted octanol–water partition coefficient (Wildman–Crippen LogP) is 1.60. The first-order valence-corrected chi connectivity index (χ1v) is 6.82. The number of hydrazine groups is 1. The first-order chi connectivity index (χ1) is 8.27. The molecule has 0 amide bonds. The summed E-state index contributed by atoms with van der Waals surface area (Å²) in [6.45, 7) is 4.64. The molecule has 0 aliphatic carbocycles. The van der Waals surface area contributed by atoms with Gasteiger partial charge < -0.3 is 4.74 Å². The van der Waals surface area contributed by atoms with Gasteiger partial charge in [0.1, 0.15) is 0 Å². The summed E-state index contributed by atoms with van der Waals surface area (Å²) in [5.41, 5.74) is 4.04. The van der Waals surface area contributed by atoms with Crippen LogP contribution < -0.4 is 11.3 Å². The Kier molecular flexibility index (Phi) is 4.55. The van der Waals surface area contributed by atoms with E-state index < -0.39 is 0 Å². The summed E-state index contributed by atoms with van der Waals surface area (Å²) >= 11 is 3.56. The molecule has 3 N–H and O–H groups in total. The fourth-order valence-corrected chi connectivity index (χ4v) is 2.87. The highest BCUT2D eigenvalue weighted by Crippen LogP contribution is 2.32. The molecular formula is C11H19BrN4O. The van der Waals surface area contributed by atoms with Crippen molar-refractivity contribution < 1.29 is 4.74 Å². The maximum atomic E-state index is 5.71. The summed E-state index contributed by atoms with van der Waals surface area (Å²) in [6.07, 6.45) is 3.93. The van der Waals surface area contributed by atoms with Gasteiger partial charge in [0.15, 0.2) is 0 Å². The second-order valence-corrected chi connectivity index (χ2v) is 5.22. The molecule has 1 saturated heterocycles. The summed E-state index contributed by atoms with van der Waals surface area (Å²) in [6, 6.07) is 0.0981. The number of hydrogen-bond donors (Lipinski definition) is 2. The number of nitrogens with one attached hydrogen (secondary N) is 1. The molecule has 0 aromatic carbocycles. The molecule has 0 spiro atoms. The van der Waals surface area contributed by atoms with Crippen molar-refractivity contribution in [1.82, 2.24) is 15.2 Å². The van der Waals surface area contributed by atoms with Crippen LogP contribution in [0, 0.1) is 5.92 Å². The molecule has 1 aliphatic heterocycles. The van der Waals surface area contributed by atoms with Gasteiger partial charge in [0.25, 0.3) is 0 Å². The van der Waals surface area contributed by atoms with Crippen molar-refractivity contribution in [3.05, 3.63) is 16.4 Å². The van der Waals surface area contributed by atoms with Crippen LogP contribution in [0.2, 0.25) is 0 Å². The van der Waals surface area contributed by atoms with Gasteiger partial charge in [-0.25, -0.2) is 0 Å². The molecule has 0 saturated carbocycles. The van der Waals surface area contributed by atoms with Gasteiger partial charge >= 0.3 is 0 Å². The summed E-state index contributed by atoms with van der Waals surface area (Å²) < 4.78 is 8.47. The fourth-order valence-electron chi connectivity index (χ4n) is 2.33. The van der Waals surface area contributed by atoms with E-state index in [2.05, 4.69) is 33.4 Å². The van der Waals surface area contributed by atoms with E-state index >= 15 is 0 Å². The van der Waals surface area contributed by atoms with Crippen molar-refractivity contribution in [2.75, 3.05) is 13.2 Å². The molecule has 1 fully saturated rings. The van der Waals surface area contributed by atoms with Crippen LogP contribution in [-0.2, 0) is 11.3 Å². The van der Waals surface area contributed by atoms with E-state index in [1.807, 2.05) is 10.9 Å². The maximum absolute atomic E-state index is 5.71. The lowest BCUT2D eigenvalue weighted by Gasteiger charge is -2.23. The lowest BCUT2D eigenvalue weighted by Crippen LogP contribution is -2.35. The summed E-state index contributed by atoms with van der Waals surface area (Å²) in [5.74, 6) is 6.13. The molecule has 0 bridgehead atoms. The van der Waals surface area contributed by atoms with Gasteiger partial charge in [0.05, 0.1) is 29.0 Å². The number of ether oxygens (including phenoxy) is 1. The Morgan fingerprint density at radius 3 is 3.18 bits per heavy atom. The predicted molar refractivity (Wildman–Crippen MR) is 69.2 cm³/mol. The van der Waals surface area contributed by atoms with Gasteiger partial charge in [-0.3, -0.25) is 16.0 Å². The van der Waals surface area contributed by atoms with Crippen LogP contribution >= 0.6 is 15.9 Å². The van der Waals surface area contributed by atoms with E-state index in [4.69, 9.17) is 10.6 Å². The number of aryl methyl sites for hydroxylation is 1. The highest BCUT2D eigenvalue weighted by Gasteiger charge is 2.30. The molecule has 1 aromatic heterocycles. The van der Waals surface area contributed by atoms with Crippen LogP contribution in [0.1, 0.15) is 31.5 Å². The SMILES string of the molecule is CCCn1ncc(Br)c1C(NN)C1CCOC1. The first kappa shape index (κ1) is 13.0. The number of halogens is 1. The van der Waals surface area contributed by atoms with Gasteiger partial charge in [0.2, 0.25) is 0 Å². The molecule has 2 heterocycles. The number of aromatic nitrogens is 2. The van der Waals surface area contributed by atoms with Crippen LogP contribution in [0.15, 0.2) is 10.7 Å². The maximum Gasteiger partial charge on any atom is 0.0712 e. The Bertz CT molecular complexity index is 362. The van der Waals surface area contributed by atoms with Gasteiger partial charge in [-0.05, 0) is 28.8 Å². The molecule has 0 radical (unpaired) electrons.